The Bertz CT molecular complexity index is 501. The Balaban J connectivity index is 2.46. The van der Waals surface area contributed by atoms with Crippen LogP contribution in [0.2, 0.25) is 0 Å². The van der Waals surface area contributed by atoms with Crippen molar-refractivity contribution in [3.05, 3.63) is 29.8 Å². The summed E-state index contributed by atoms with van der Waals surface area (Å²) in [5.41, 5.74) is 1.08. The Labute approximate surface area is 127 Å². The van der Waals surface area contributed by atoms with Crippen molar-refractivity contribution < 1.29 is 13.2 Å². The van der Waals surface area contributed by atoms with Crippen LogP contribution < -0.4 is 10.0 Å². The third-order valence-electron chi connectivity index (χ3n) is 2.81. The van der Waals surface area contributed by atoms with Crippen LogP contribution in [0, 0.1) is 0 Å². The fourth-order valence-electron chi connectivity index (χ4n) is 1.80. The van der Waals surface area contributed by atoms with E-state index in [2.05, 4.69) is 10.0 Å². The predicted octanol–water partition coefficient (Wildman–Crippen LogP) is 0.263. The number of benzene rings is 1. The quantitative estimate of drug-likeness (QED) is 0.606. The first-order chi connectivity index (χ1) is 9.95. The molecule has 21 heavy (non-hydrogen) atoms. The molecular weight excluding hydrogens is 290 g/mol. The van der Waals surface area contributed by atoms with E-state index in [1.165, 1.54) is 0 Å². The fourth-order valence-corrected chi connectivity index (χ4v) is 2.83. The van der Waals surface area contributed by atoms with Crippen LogP contribution in [-0.2, 0) is 21.3 Å². The molecule has 0 aliphatic heterocycles. The van der Waals surface area contributed by atoms with E-state index in [0.717, 1.165) is 12.1 Å². The molecule has 1 rings (SSSR count). The number of methoxy groups -OCH3 is 1. The van der Waals surface area contributed by atoms with Crippen LogP contribution >= 0.6 is 0 Å². The average molecular weight is 315 g/mol. The van der Waals surface area contributed by atoms with Crippen LogP contribution in [0.4, 0.5) is 0 Å². The van der Waals surface area contributed by atoms with Gasteiger partial charge in [0.05, 0.1) is 11.5 Å². The number of sulfonamides is 1. The highest BCUT2D eigenvalue weighted by Crippen LogP contribution is 2.11. The molecule has 0 aliphatic carbocycles. The van der Waals surface area contributed by atoms with Gasteiger partial charge in [0, 0.05) is 33.3 Å². The summed E-state index contributed by atoms with van der Waals surface area (Å²) < 4.78 is 31.6. The number of ether oxygens (including phenoxy) is 1. The standard InChI is InChI=1S/C14H25N3O3S/c1-17(2)12-13-4-6-14(7-5-13)21(18,19)16-9-8-15-10-11-20-3/h4-7,15-16H,8-12H2,1-3H3. The van der Waals surface area contributed by atoms with Gasteiger partial charge in [0.1, 0.15) is 0 Å². The molecular formula is C14H25N3O3S. The smallest absolute Gasteiger partial charge is 0.240 e. The van der Waals surface area contributed by atoms with Crippen molar-refractivity contribution in [2.75, 3.05) is 47.4 Å². The molecule has 0 saturated heterocycles. The normalized spacial score (nSPS) is 12.0. The first kappa shape index (κ1) is 18.1. The molecule has 1 aromatic carbocycles. The molecule has 6 nitrogen and oxygen atoms in total. The SMILES string of the molecule is COCCNCCNS(=O)(=O)c1ccc(CN(C)C)cc1. The number of rotatable bonds is 10. The van der Waals surface area contributed by atoms with Crippen molar-refractivity contribution in [1.82, 2.24) is 14.9 Å². The second kappa shape index (κ2) is 9.11. The lowest BCUT2D eigenvalue weighted by molar-refractivity contribution is 0.199. The third-order valence-corrected chi connectivity index (χ3v) is 4.29. The highest BCUT2D eigenvalue weighted by molar-refractivity contribution is 7.89. The van der Waals surface area contributed by atoms with Crippen LogP contribution in [0.1, 0.15) is 5.56 Å². The van der Waals surface area contributed by atoms with E-state index >= 15 is 0 Å². The molecule has 0 atom stereocenters. The lowest BCUT2D eigenvalue weighted by atomic mass is 10.2. The zero-order valence-electron chi connectivity index (χ0n) is 12.9. The van der Waals surface area contributed by atoms with Crippen LogP contribution in [0.3, 0.4) is 0 Å². The van der Waals surface area contributed by atoms with Crippen molar-refractivity contribution in [3.63, 3.8) is 0 Å². The summed E-state index contributed by atoms with van der Waals surface area (Å²) in [4.78, 5) is 2.33. The summed E-state index contributed by atoms with van der Waals surface area (Å²) in [6.45, 7) is 3.03. The van der Waals surface area contributed by atoms with E-state index in [4.69, 9.17) is 4.74 Å². The molecule has 0 aliphatic rings. The lowest BCUT2D eigenvalue weighted by Crippen LogP contribution is -2.33. The van der Waals surface area contributed by atoms with Gasteiger partial charge in [-0.1, -0.05) is 12.1 Å². The van der Waals surface area contributed by atoms with Gasteiger partial charge < -0.3 is 15.0 Å². The second-order valence-electron chi connectivity index (χ2n) is 5.02. The first-order valence-corrected chi connectivity index (χ1v) is 8.37. The van der Waals surface area contributed by atoms with Crippen LogP contribution in [0.5, 0.6) is 0 Å². The van der Waals surface area contributed by atoms with Crippen molar-refractivity contribution in [2.45, 2.75) is 11.4 Å². The van der Waals surface area contributed by atoms with Crippen LogP contribution in [-0.4, -0.2) is 60.8 Å². The van der Waals surface area contributed by atoms with Gasteiger partial charge in [-0.2, -0.15) is 0 Å². The van der Waals surface area contributed by atoms with E-state index in [-0.39, 0.29) is 0 Å². The highest BCUT2D eigenvalue weighted by Gasteiger charge is 2.12. The molecule has 0 heterocycles. The Morgan fingerprint density at radius 1 is 1.10 bits per heavy atom. The molecule has 120 valence electrons. The van der Waals surface area contributed by atoms with Crippen LogP contribution in [0.15, 0.2) is 29.2 Å². The van der Waals surface area contributed by atoms with Gasteiger partial charge in [-0.3, -0.25) is 0 Å². The summed E-state index contributed by atoms with van der Waals surface area (Å²) in [5, 5.41) is 3.08. The Hall–Kier alpha value is -0.990. The summed E-state index contributed by atoms with van der Waals surface area (Å²) in [5.74, 6) is 0. The molecule has 0 fully saturated rings. The molecule has 0 spiro atoms. The summed E-state index contributed by atoms with van der Waals surface area (Å²) in [6, 6.07) is 6.95. The van der Waals surface area contributed by atoms with Gasteiger partial charge in [-0.05, 0) is 31.8 Å². The third kappa shape index (κ3) is 7.01. The number of hydrogen-bond acceptors (Lipinski definition) is 5. The molecule has 2 N–H and O–H groups in total. The Kier molecular flexibility index (Phi) is 7.84. The van der Waals surface area contributed by atoms with Gasteiger partial charge >= 0.3 is 0 Å². The molecule has 0 bridgehead atoms. The predicted molar refractivity (Wildman–Crippen MR) is 83.8 cm³/mol. The maximum absolute atomic E-state index is 12.1. The summed E-state index contributed by atoms with van der Waals surface area (Å²) in [6.07, 6.45) is 0. The van der Waals surface area contributed by atoms with Crippen molar-refractivity contribution >= 4 is 10.0 Å². The monoisotopic (exact) mass is 315 g/mol. The van der Waals surface area contributed by atoms with Crippen LogP contribution in [0.25, 0.3) is 0 Å². The molecule has 0 radical (unpaired) electrons. The van der Waals surface area contributed by atoms with E-state index in [1.807, 2.05) is 31.1 Å². The largest absolute Gasteiger partial charge is 0.383 e. The average Bonchev–Trinajstić information content (AvgIpc) is 2.42. The summed E-state index contributed by atoms with van der Waals surface area (Å²) in [7, 11) is 2.15. The van der Waals surface area contributed by atoms with Crippen molar-refractivity contribution in [1.29, 1.82) is 0 Å². The zero-order chi connectivity index (χ0) is 15.7. The zero-order valence-corrected chi connectivity index (χ0v) is 13.7. The van der Waals surface area contributed by atoms with Gasteiger partial charge in [-0.25, -0.2) is 13.1 Å². The highest BCUT2D eigenvalue weighted by atomic mass is 32.2. The Morgan fingerprint density at radius 3 is 2.33 bits per heavy atom. The van der Waals surface area contributed by atoms with Gasteiger partial charge in [0.25, 0.3) is 0 Å². The Morgan fingerprint density at radius 2 is 1.76 bits per heavy atom. The molecule has 0 unspecified atom stereocenters. The minimum atomic E-state index is -3.43. The fraction of sp³-hybridized carbons (Fsp3) is 0.571. The molecule has 1 aromatic rings. The second-order valence-corrected chi connectivity index (χ2v) is 6.79. The number of nitrogens with one attached hydrogen (secondary N) is 2. The molecule has 0 aromatic heterocycles. The number of hydrogen-bond donors (Lipinski definition) is 2. The van der Waals surface area contributed by atoms with Crippen molar-refractivity contribution in [3.8, 4) is 0 Å². The van der Waals surface area contributed by atoms with Gasteiger partial charge in [-0.15, -0.1) is 0 Å². The van der Waals surface area contributed by atoms with E-state index in [0.29, 0.717) is 31.1 Å². The van der Waals surface area contributed by atoms with Gasteiger partial charge in [0.15, 0.2) is 0 Å². The minimum absolute atomic E-state index is 0.293. The first-order valence-electron chi connectivity index (χ1n) is 6.88. The van der Waals surface area contributed by atoms with Gasteiger partial charge in [0.2, 0.25) is 10.0 Å². The summed E-state index contributed by atoms with van der Waals surface area (Å²) >= 11 is 0. The maximum Gasteiger partial charge on any atom is 0.240 e. The van der Waals surface area contributed by atoms with E-state index in [9.17, 15) is 8.42 Å². The van der Waals surface area contributed by atoms with Crippen molar-refractivity contribution in [2.24, 2.45) is 0 Å². The molecule has 0 saturated carbocycles. The molecule has 7 heteroatoms. The maximum atomic E-state index is 12.1. The van der Waals surface area contributed by atoms with E-state index < -0.39 is 10.0 Å². The number of nitrogens with zero attached hydrogens (tertiary/aromatic N) is 1. The lowest BCUT2D eigenvalue weighted by Gasteiger charge is -2.11. The molecule has 0 amide bonds. The van der Waals surface area contributed by atoms with E-state index in [1.54, 1.807) is 19.2 Å². The minimum Gasteiger partial charge on any atom is -0.383 e. The topological polar surface area (TPSA) is 70.7 Å².